The summed E-state index contributed by atoms with van der Waals surface area (Å²) in [5, 5.41) is 2.80. The summed E-state index contributed by atoms with van der Waals surface area (Å²) >= 11 is 0. The molecule has 10 nitrogen and oxygen atoms in total. The van der Waals surface area contributed by atoms with Crippen LogP contribution < -0.4 is 11.1 Å². The van der Waals surface area contributed by atoms with E-state index >= 15 is 0 Å². The third kappa shape index (κ3) is 4.82. The maximum Gasteiger partial charge on any atom is 0.256 e. The number of nitrogens with one attached hydrogen (secondary N) is 1. The number of piperazine rings is 1. The van der Waals surface area contributed by atoms with Gasteiger partial charge in [-0.15, -0.1) is 0 Å². The Hall–Kier alpha value is -4.57. The molecule has 3 N–H and O–H groups in total. The van der Waals surface area contributed by atoms with Crippen LogP contribution >= 0.6 is 0 Å². The van der Waals surface area contributed by atoms with Crippen LogP contribution in [0.2, 0.25) is 0 Å². The predicted molar refractivity (Wildman–Crippen MR) is 156 cm³/mol. The van der Waals surface area contributed by atoms with Gasteiger partial charge in [-0.1, -0.05) is 24.8 Å². The van der Waals surface area contributed by atoms with Gasteiger partial charge in [0.1, 0.15) is 34.7 Å². The van der Waals surface area contributed by atoms with Crippen molar-refractivity contribution in [3.8, 4) is 11.3 Å². The Morgan fingerprint density at radius 3 is 2.50 bits per heavy atom. The minimum absolute atomic E-state index is 0.0226. The van der Waals surface area contributed by atoms with Crippen LogP contribution in [-0.2, 0) is 4.79 Å². The van der Waals surface area contributed by atoms with Gasteiger partial charge in [-0.2, -0.15) is 0 Å². The molecule has 1 unspecified atom stereocenters. The van der Waals surface area contributed by atoms with E-state index in [2.05, 4.69) is 54.5 Å². The van der Waals surface area contributed by atoms with E-state index in [4.69, 9.17) is 10.7 Å². The predicted octanol–water partition coefficient (Wildman–Crippen LogP) is 4.18. The molecule has 5 rings (SSSR count). The number of hydrogen-bond donors (Lipinski definition) is 2. The maximum absolute atomic E-state index is 13.2. The number of benzene rings is 1. The number of aromatic nitrogens is 4. The Morgan fingerprint density at radius 1 is 1.10 bits per heavy atom. The summed E-state index contributed by atoms with van der Waals surface area (Å²) in [5.74, 6) is 1.09. The van der Waals surface area contributed by atoms with E-state index in [0.29, 0.717) is 34.2 Å². The number of fused-ring (bicyclic) bond motifs is 1. The second-order valence-corrected chi connectivity index (χ2v) is 10.4. The lowest BCUT2D eigenvalue weighted by Crippen LogP contribution is -2.61. The summed E-state index contributed by atoms with van der Waals surface area (Å²) in [6.07, 6.45) is 6.45. The van der Waals surface area contributed by atoms with Crippen LogP contribution in [0.25, 0.3) is 16.8 Å². The maximum atomic E-state index is 13.2. The van der Waals surface area contributed by atoms with Gasteiger partial charge in [-0.05, 0) is 58.0 Å². The number of anilines is 2. The SMILES string of the molecule is C=CC(=O)N1C(c2nc(-c3ccc(C(=O)Nc4ccccn4)cc3)c3c(N)nccn23)[C@H](C)N(C(C)C)C[C@@H]1C. The molecule has 40 heavy (non-hydrogen) atoms. The lowest BCUT2D eigenvalue weighted by atomic mass is 9.96. The fourth-order valence-corrected chi connectivity index (χ4v) is 5.63. The first-order valence-corrected chi connectivity index (χ1v) is 13.4. The van der Waals surface area contributed by atoms with Crippen molar-refractivity contribution in [2.24, 2.45) is 0 Å². The fraction of sp³-hybridized carbons (Fsp3) is 0.300. The molecule has 1 aromatic carbocycles. The van der Waals surface area contributed by atoms with E-state index in [0.717, 1.165) is 12.1 Å². The smallest absolute Gasteiger partial charge is 0.256 e. The monoisotopic (exact) mass is 538 g/mol. The highest BCUT2D eigenvalue weighted by Gasteiger charge is 2.43. The zero-order valence-electron chi connectivity index (χ0n) is 23.2. The number of nitrogens with zero attached hydrogens (tertiary/aromatic N) is 6. The Bertz CT molecular complexity index is 1550. The molecule has 1 aliphatic rings. The molecule has 0 spiro atoms. The summed E-state index contributed by atoms with van der Waals surface area (Å²) in [6.45, 7) is 13.0. The zero-order chi connectivity index (χ0) is 28.6. The van der Waals surface area contributed by atoms with Crippen LogP contribution in [-0.4, -0.2) is 65.6 Å². The molecule has 2 amide bonds. The first-order valence-electron chi connectivity index (χ1n) is 13.4. The number of rotatable bonds is 6. The molecule has 3 aromatic heterocycles. The summed E-state index contributed by atoms with van der Waals surface area (Å²) in [6, 6.07) is 12.3. The molecule has 1 aliphatic heterocycles. The molecule has 1 saturated heterocycles. The molecule has 4 heterocycles. The Labute approximate surface area is 233 Å². The molecule has 1 fully saturated rings. The van der Waals surface area contributed by atoms with Crippen LogP contribution in [0.4, 0.5) is 11.6 Å². The van der Waals surface area contributed by atoms with Gasteiger partial charge in [0.25, 0.3) is 5.91 Å². The molecule has 0 bridgehead atoms. The van der Waals surface area contributed by atoms with Crippen molar-refractivity contribution in [1.29, 1.82) is 0 Å². The van der Waals surface area contributed by atoms with Gasteiger partial charge < -0.3 is 16.0 Å². The highest BCUT2D eigenvalue weighted by molar-refractivity contribution is 6.04. The van der Waals surface area contributed by atoms with Crippen molar-refractivity contribution in [2.45, 2.75) is 51.9 Å². The largest absolute Gasteiger partial charge is 0.382 e. The molecule has 206 valence electrons. The number of carbonyl (C=O) groups excluding carboxylic acids is 2. The third-order valence-electron chi connectivity index (χ3n) is 7.52. The average molecular weight is 539 g/mol. The van der Waals surface area contributed by atoms with Crippen LogP contribution in [0.15, 0.2) is 73.7 Å². The lowest BCUT2D eigenvalue weighted by Gasteiger charge is -2.50. The highest BCUT2D eigenvalue weighted by Crippen LogP contribution is 2.38. The molecule has 0 aliphatic carbocycles. The molecule has 10 heteroatoms. The van der Waals surface area contributed by atoms with Crippen molar-refractivity contribution < 1.29 is 9.59 Å². The average Bonchev–Trinajstić information content (AvgIpc) is 3.34. The van der Waals surface area contributed by atoms with Crippen molar-refractivity contribution in [1.82, 2.24) is 29.2 Å². The normalized spacial score (nSPS) is 19.6. The first kappa shape index (κ1) is 27.0. The third-order valence-corrected chi connectivity index (χ3v) is 7.52. The minimum Gasteiger partial charge on any atom is -0.382 e. The summed E-state index contributed by atoms with van der Waals surface area (Å²) in [7, 11) is 0. The van der Waals surface area contributed by atoms with E-state index in [-0.39, 0.29) is 36.0 Å². The van der Waals surface area contributed by atoms with Gasteiger partial charge in [0.05, 0.1) is 0 Å². The summed E-state index contributed by atoms with van der Waals surface area (Å²) < 4.78 is 1.93. The zero-order valence-corrected chi connectivity index (χ0v) is 23.2. The van der Waals surface area contributed by atoms with Crippen molar-refractivity contribution in [3.05, 3.63) is 85.1 Å². The molecular formula is C30H34N8O2. The van der Waals surface area contributed by atoms with Crippen LogP contribution in [0.1, 0.15) is 49.9 Å². The van der Waals surface area contributed by atoms with Crippen molar-refractivity contribution in [3.63, 3.8) is 0 Å². The second-order valence-electron chi connectivity index (χ2n) is 10.4. The second kappa shape index (κ2) is 10.9. The quantitative estimate of drug-likeness (QED) is 0.353. The van der Waals surface area contributed by atoms with E-state index in [1.54, 1.807) is 36.7 Å². The Morgan fingerprint density at radius 2 is 1.85 bits per heavy atom. The standard InChI is InChI=1S/C30H34N8O2/c1-6-24(39)38-19(4)17-37(18(2)3)20(5)26(38)29-35-25(27-28(31)33-15-16-36(27)29)21-10-12-22(13-11-21)30(40)34-23-9-7-8-14-32-23/h6-16,18-20,26H,1,17H2,2-5H3,(H2,31,33)(H,32,34,40)/t19-,20-,26?/m0/s1. The topological polar surface area (TPSA) is 122 Å². The fourth-order valence-electron chi connectivity index (χ4n) is 5.63. The van der Waals surface area contributed by atoms with E-state index in [1.807, 2.05) is 33.7 Å². The van der Waals surface area contributed by atoms with E-state index < -0.39 is 0 Å². The van der Waals surface area contributed by atoms with Gasteiger partial charge in [0.15, 0.2) is 0 Å². The van der Waals surface area contributed by atoms with Crippen LogP contribution in [0.3, 0.4) is 0 Å². The lowest BCUT2D eigenvalue weighted by molar-refractivity contribution is -0.138. The first-order chi connectivity index (χ1) is 19.2. The number of pyridine rings is 1. The number of imidazole rings is 1. The van der Waals surface area contributed by atoms with Crippen LogP contribution in [0, 0.1) is 0 Å². The molecule has 0 saturated carbocycles. The summed E-state index contributed by atoms with van der Waals surface area (Å²) in [4.78, 5) is 43.8. The van der Waals surface area contributed by atoms with Gasteiger partial charge >= 0.3 is 0 Å². The highest BCUT2D eigenvalue weighted by atomic mass is 16.2. The number of nitrogen functional groups attached to an aromatic ring is 1. The number of nitrogens with two attached hydrogens (primary N) is 1. The van der Waals surface area contributed by atoms with Gasteiger partial charge in [0.2, 0.25) is 5.91 Å². The Kier molecular flexibility index (Phi) is 7.36. The van der Waals surface area contributed by atoms with E-state index in [1.165, 1.54) is 6.08 Å². The van der Waals surface area contributed by atoms with Gasteiger partial charge in [0, 0.05) is 54.4 Å². The number of hydrogen-bond acceptors (Lipinski definition) is 7. The minimum atomic E-state index is -0.358. The van der Waals surface area contributed by atoms with Crippen molar-refractivity contribution in [2.75, 3.05) is 17.6 Å². The molecule has 4 aromatic rings. The summed E-state index contributed by atoms with van der Waals surface area (Å²) in [5.41, 5.74) is 8.94. The van der Waals surface area contributed by atoms with Crippen LogP contribution in [0.5, 0.6) is 0 Å². The number of amides is 2. The molecule has 3 atom stereocenters. The number of carbonyl (C=O) groups is 2. The molecular weight excluding hydrogens is 504 g/mol. The van der Waals surface area contributed by atoms with Gasteiger partial charge in [-0.25, -0.2) is 15.0 Å². The van der Waals surface area contributed by atoms with Crippen molar-refractivity contribution >= 4 is 29.0 Å². The van der Waals surface area contributed by atoms with E-state index in [9.17, 15) is 9.59 Å². The Balaban J connectivity index is 1.58. The van der Waals surface area contributed by atoms with Gasteiger partial charge in [-0.3, -0.25) is 18.9 Å². The molecule has 0 radical (unpaired) electrons.